The first kappa shape index (κ1) is 14.8. The van der Waals surface area contributed by atoms with Gasteiger partial charge >= 0.3 is 6.61 Å². The third-order valence-electron chi connectivity index (χ3n) is 2.44. The van der Waals surface area contributed by atoms with Gasteiger partial charge in [0.2, 0.25) is 0 Å². The molecule has 2 aromatic rings. The number of hydrogen-bond acceptors (Lipinski definition) is 3. The SMILES string of the molecule is Fc1ccc(NN=Cc2ccc(OC(F)F)cc2)c(F)c1. The van der Waals surface area contributed by atoms with Crippen molar-refractivity contribution in [2.45, 2.75) is 6.61 Å². The van der Waals surface area contributed by atoms with Gasteiger partial charge in [0.25, 0.3) is 0 Å². The van der Waals surface area contributed by atoms with E-state index in [-0.39, 0.29) is 11.4 Å². The van der Waals surface area contributed by atoms with Crippen LogP contribution in [0.25, 0.3) is 0 Å². The average Bonchev–Trinajstić information content (AvgIpc) is 2.42. The lowest BCUT2D eigenvalue weighted by Gasteiger charge is -2.04. The van der Waals surface area contributed by atoms with Crippen LogP contribution in [0.2, 0.25) is 0 Å². The van der Waals surface area contributed by atoms with Gasteiger partial charge in [-0.3, -0.25) is 5.43 Å². The Kier molecular flexibility index (Phi) is 4.76. The van der Waals surface area contributed by atoms with E-state index in [1.807, 2.05) is 0 Å². The van der Waals surface area contributed by atoms with Crippen molar-refractivity contribution in [1.82, 2.24) is 0 Å². The Bertz CT molecular complexity index is 629. The number of nitrogens with one attached hydrogen (secondary N) is 1. The second kappa shape index (κ2) is 6.74. The first-order valence-electron chi connectivity index (χ1n) is 5.83. The van der Waals surface area contributed by atoms with E-state index in [2.05, 4.69) is 15.3 Å². The highest BCUT2D eigenvalue weighted by Gasteiger charge is 2.03. The van der Waals surface area contributed by atoms with Crippen molar-refractivity contribution in [2.75, 3.05) is 5.43 Å². The molecule has 0 aliphatic heterocycles. The van der Waals surface area contributed by atoms with E-state index < -0.39 is 18.2 Å². The van der Waals surface area contributed by atoms with Gasteiger partial charge in [-0.2, -0.15) is 13.9 Å². The predicted molar refractivity (Wildman–Crippen MR) is 70.6 cm³/mol. The maximum absolute atomic E-state index is 13.3. The summed E-state index contributed by atoms with van der Waals surface area (Å²) in [5.74, 6) is -1.43. The third-order valence-corrected chi connectivity index (χ3v) is 2.44. The van der Waals surface area contributed by atoms with E-state index in [1.54, 1.807) is 0 Å². The van der Waals surface area contributed by atoms with Gasteiger partial charge in [-0.15, -0.1) is 0 Å². The zero-order valence-corrected chi connectivity index (χ0v) is 10.6. The summed E-state index contributed by atoms with van der Waals surface area (Å²) in [6, 6.07) is 8.75. The first-order chi connectivity index (χ1) is 10.0. The summed E-state index contributed by atoms with van der Waals surface area (Å²) >= 11 is 0. The summed E-state index contributed by atoms with van der Waals surface area (Å²) in [5.41, 5.74) is 3.02. The highest BCUT2D eigenvalue weighted by atomic mass is 19.3. The molecule has 1 N–H and O–H groups in total. The van der Waals surface area contributed by atoms with Crippen LogP contribution in [0.4, 0.5) is 23.2 Å². The number of benzene rings is 2. The van der Waals surface area contributed by atoms with Gasteiger partial charge in [0, 0.05) is 6.07 Å². The second-order valence-corrected chi connectivity index (χ2v) is 3.94. The molecular weight excluding hydrogens is 288 g/mol. The molecule has 0 atom stereocenters. The zero-order chi connectivity index (χ0) is 15.2. The van der Waals surface area contributed by atoms with Gasteiger partial charge in [-0.05, 0) is 42.0 Å². The smallest absolute Gasteiger partial charge is 0.387 e. The molecular formula is C14H10F4N2O. The van der Waals surface area contributed by atoms with Crippen LogP contribution in [0.5, 0.6) is 5.75 Å². The minimum atomic E-state index is -2.88. The number of hydrazone groups is 1. The summed E-state index contributed by atoms with van der Waals surface area (Å²) in [6.07, 6.45) is 1.36. The minimum Gasteiger partial charge on any atom is -0.435 e. The molecule has 0 amide bonds. The molecule has 0 saturated heterocycles. The summed E-state index contributed by atoms with van der Waals surface area (Å²) < 4.78 is 54.1. The summed E-state index contributed by atoms with van der Waals surface area (Å²) in [6.45, 7) is -2.88. The van der Waals surface area contributed by atoms with Gasteiger partial charge in [0.1, 0.15) is 11.6 Å². The number of anilines is 1. The number of alkyl halides is 2. The maximum Gasteiger partial charge on any atom is 0.387 e. The second-order valence-electron chi connectivity index (χ2n) is 3.94. The van der Waals surface area contributed by atoms with Crippen molar-refractivity contribution in [1.29, 1.82) is 0 Å². The molecule has 0 aliphatic rings. The van der Waals surface area contributed by atoms with E-state index in [0.29, 0.717) is 5.56 Å². The van der Waals surface area contributed by atoms with Gasteiger partial charge in [-0.25, -0.2) is 8.78 Å². The van der Waals surface area contributed by atoms with Crippen LogP contribution in [-0.4, -0.2) is 12.8 Å². The van der Waals surface area contributed by atoms with Crippen LogP contribution < -0.4 is 10.2 Å². The molecule has 7 heteroatoms. The van der Waals surface area contributed by atoms with Crippen LogP contribution in [0.1, 0.15) is 5.56 Å². The van der Waals surface area contributed by atoms with E-state index in [9.17, 15) is 17.6 Å². The van der Waals surface area contributed by atoms with Gasteiger partial charge in [0.15, 0.2) is 5.82 Å². The van der Waals surface area contributed by atoms with Gasteiger partial charge in [-0.1, -0.05) is 0 Å². The van der Waals surface area contributed by atoms with Gasteiger partial charge in [0.05, 0.1) is 11.9 Å². The Morgan fingerprint density at radius 1 is 1.05 bits per heavy atom. The Labute approximate surface area is 117 Å². The average molecular weight is 298 g/mol. The maximum atomic E-state index is 13.3. The first-order valence-corrected chi connectivity index (χ1v) is 5.83. The molecule has 0 spiro atoms. The Morgan fingerprint density at radius 2 is 1.76 bits per heavy atom. The molecule has 0 aromatic heterocycles. The van der Waals surface area contributed by atoms with Crippen LogP contribution in [0.3, 0.4) is 0 Å². The molecule has 0 aliphatic carbocycles. The van der Waals surface area contributed by atoms with Crippen LogP contribution in [0, 0.1) is 11.6 Å². The van der Waals surface area contributed by atoms with E-state index in [4.69, 9.17) is 0 Å². The third kappa shape index (κ3) is 4.48. The Hall–Kier alpha value is -2.57. The lowest BCUT2D eigenvalue weighted by Crippen LogP contribution is -2.01. The highest BCUT2D eigenvalue weighted by Crippen LogP contribution is 2.16. The normalized spacial score (nSPS) is 11.1. The number of rotatable bonds is 5. The summed E-state index contributed by atoms with van der Waals surface area (Å²) in [4.78, 5) is 0. The molecule has 0 bridgehead atoms. The lowest BCUT2D eigenvalue weighted by molar-refractivity contribution is -0.0498. The minimum absolute atomic E-state index is 0.0188. The molecule has 0 saturated carbocycles. The van der Waals surface area contributed by atoms with E-state index in [1.165, 1.54) is 36.5 Å². The van der Waals surface area contributed by atoms with Crippen molar-refractivity contribution >= 4 is 11.9 Å². The largest absolute Gasteiger partial charge is 0.435 e. The Morgan fingerprint density at radius 3 is 2.38 bits per heavy atom. The topological polar surface area (TPSA) is 33.6 Å². The molecule has 2 rings (SSSR count). The van der Waals surface area contributed by atoms with Crippen LogP contribution in [-0.2, 0) is 0 Å². The van der Waals surface area contributed by atoms with Crippen LogP contribution >= 0.6 is 0 Å². The molecule has 2 aromatic carbocycles. The molecule has 0 radical (unpaired) electrons. The van der Waals surface area contributed by atoms with Crippen molar-refractivity contribution in [3.63, 3.8) is 0 Å². The number of hydrogen-bond donors (Lipinski definition) is 1. The Balaban J connectivity index is 1.98. The van der Waals surface area contributed by atoms with Crippen molar-refractivity contribution in [3.05, 3.63) is 59.7 Å². The van der Waals surface area contributed by atoms with Gasteiger partial charge < -0.3 is 4.74 Å². The molecule has 21 heavy (non-hydrogen) atoms. The van der Waals surface area contributed by atoms with Crippen molar-refractivity contribution in [3.8, 4) is 5.75 Å². The zero-order valence-electron chi connectivity index (χ0n) is 10.6. The molecule has 0 heterocycles. The molecule has 0 fully saturated rings. The number of ether oxygens (including phenoxy) is 1. The summed E-state index contributed by atoms with van der Waals surface area (Å²) in [7, 11) is 0. The fourth-order valence-electron chi connectivity index (χ4n) is 1.49. The predicted octanol–water partition coefficient (Wildman–Crippen LogP) is 4.01. The summed E-state index contributed by atoms with van der Waals surface area (Å²) in [5, 5.41) is 3.77. The van der Waals surface area contributed by atoms with Crippen molar-refractivity contribution in [2.24, 2.45) is 5.10 Å². The lowest BCUT2D eigenvalue weighted by atomic mass is 10.2. The van der Waals surface area contributed by atoms with Crippen LogP contribution in [0.15, 0.2) is 47.6 Å². The fourth-order valence-corrected chi connectivity index (χ4v) is 1.49. The standard InChI is InChI=1S/C14H10F4N2O/c15-10-3-6-13(12(16)7-10)20-19-8-9-1-4-11(5-2-9)21-14(17)18/h1-8,14,20H. The number of nitrogens with zero attached hydrogens (tertiary/aromatic N) is 1. The monoisotopic (exact) mass is 298 g/mol. The van der Waals surface area contributed by atoms with E-state index >= 15 is 0 Å². The highest BCUT2D eigenvalue weighted by molar-refractivity contribution is 5.80. The number of halogens is 4. The molecule has 110 valence electrons. The molecule has 3 nitrogen and oxygen atoms in total. The molecule has 0 unspecified atom stereocenters. The van der Waals surface area contributed by atoms with Crippen molar-refractivity contribution < 1.29 is 22.3 Å². The fraction of sp³-hybridized carbons (Fsp3) is 0.0714. The van der Waals surface area contributed by atoms with E-state index in [0.717, 1.165) is 12.1 Å². The quantitative estimate of drug-likeness (QED) is 0.514.